The third kappa shape index (κ3) is 2.03. The van der Waals surface area contributed by atoms with Gasteiger partial charge in [-0.3, -0.25) is 9.89 Å². The van der Waals surface area contributed by atoms with Crippen LogP contribution in [0.2, 0.25) is 0 Å². The Labute approximate surface area is 92.7 Å². The Morgan fingerprint density at radius 1 is 1.44 bits per heavy atom. The maximum Gasteiger partial charge on any atom is 0.273 e. The van der Waals surface area contributed by atoms with Gasteiger partial charge in [-0.15, -0.1) is 0 Å². The maximum atomic E-state index is 11.7. The average molecular weight is 216 g/mol. The first-order valence-electron chi connectivity index (χ1n) is 4.83. The minimum Gasteiger partial charge on any atom is -0.399 e. The second-order valence-corrected chi connectivity index (χ2v) is 3.50. The predicted octanol–water partition coefficient (Wildman–Crippen LogP) is 1.55. The predicted molar refractivity (Wildman–Crippen MR) is 62.1 cm³/mol. The van der Waals surface area contributed by atoms with Crippen molar-refractivity contribution in [3.63, 3.8) is 0 Å². The van der Waals surface area contributed by atoms with Crippen LogP contribution in [0, 0.1) is 6.92 Å². The van der Waals surface area contributed by atoms with Crippen LogP contribution in [0.3, 0.4) is 0 Å². The van der Waals surface area contributed by atoms with E-state index in [0.29, 0.717) is 11.4 Å². The van der Waals surface area contributed by atoms with Gasteiger partial charge in [-0.25, -0.2) is 0 Å². The van der Waals surface area contributed by atoms with E-state index in [-0.39, 0.29) is 5.91 Å². The van der Waals surface area contributed by atoms with Gasteiger partial charge in [0.25, 0.3) is 5.91 Å². The molecule has 2 rings (SSSR count). The van der Waals surface area contributed by atoms with Crippen molar-refractivity contribution in [1.82, 2.24) is 10.2 Å². The van der Waals surface area contributed by atoms with Crippen LogP contribution < -0.4 is 11.1 Å². The van der Waals surface area contributed by atoms with E-state index in [2.05, 4.69) is 15.5 Å². The second kappa shape index (κ2) is 4.06. The summed E-state index contributed by atoms with van der Waals surface area (Å²) in [5.74, 6) is -0.217. The standard InChI is InChI=1S/C11H12N4O/c1-7-6-8(12)2-3-9(7)14-11(16)10-4-5-13-15-10/h2-6H,12H2,1H3,(H,13,15)(H,14,16). The Balaban J connectivity index is 2.18. The van der Waals surface area contributed by atoms with Gasteiger partial charge in [0, 0.05) is 17.6 Å². The minimum absolute atomic E-state index is 0.217. The zero-order valence-electron chi connectivity index (χ0n) is 8.82. The summed E-state index contributed by atoms with van der Waals surface area (Å²) >= 11 is 0. The second-order valence-electron chi connectivity index (χ2n) is 3.50. The van der Waals surface area contributed by atoms with Crippen molar-refractivity contribution in [1.29, 1.82) is 0 Å². The van der Waals surface area contributed by atoms with E-state index in [4.69, 9.17) is 5.73 Å². The summed E-state index contributed by atoms with van der Waals surface area (Å²) in [6.45, 7) is 1.89. The van der Waals surface area contributed by atoms with Gasteiger partial charge < -0.3 is 11.1 Å². The first kappa shape index (κ1) is 10.2. The molecule has 0 atom stereocenters. The summed E-state index contributed by atoms with van der Waals surface area (Å²) in [6, 6.07) is 6.94. The number of nitrogens with two attached hydrogens (primary N) is 1. The first-order valence-corrected chi connectivity index (χ1v) is 4.83. The molecule has 0 radical (unpaired) electrons. The fraction of sp³-hybridized carbons (Fsp3) is 0.0909. The highest BCUT2D eigenvalue weighted by molar-refractivity contribution is 6.03. The van der Waals surface area contributed by atoms with E-state index >= 15 is 0 Å². The molecule has 82 valence electrons. The van der Waals surface area contributed by atoms with Gasteiger partial charge in [0.1, 0.15) is 5.69 Å². The summed E-state index contributed by atoms with van der Waals surface area (Å²) in [4.78, 5) is 11.7. The number of carbonyl (C=O) groups excluding carboxylic acids is 1. The van der Waals surface area contributed by atoms with Crippen LogP contribution in [0.25, 0.3) is 0 Å². The molecule has 5 heteroatoms. The van der Waals surface area contributed by atoms with Crippen LogP contribution in [-0.4, -0.2) is 16.1 Å². The Hall–Kier alpha value is -2.30. The number of anilines is 2. The summed E-state index contributed by atoms with van der Waals surface area (Å²) in [6.07, 6.45) is 1.53. The van der Waals surface area contributed by atoms with Gasteiger partial charge in [0.05, 0.1) is 0 Å². The zero-order chi connectivity index (χ0) is 11.5. The number of benzene rings is 1. The summed E-state index contributed by atoms with van der Waals surface area (Å²) < 4.78 is 0. The molecule has 0 unspecified atom stereocenters. The number of nitrogen functional groups attached to an aromatic ring is 1. The molecule has 0 bridgehead atoms. The third-order valence-electron chi connectivity index (χ3n) is 2.24. The van der Waals surface area contributed by atoms with Crippen LogP contribution in [-0.2, 0) is 0 Å². The molecule has 2 aromatic rings. The number of rotatable bonds is 2. The van der Waals surface area contributed by atoms with Crippen molar-refractivity contribution < 1.29 is 4.79 Å². The van der Waals surface area contributed by atoms with E-state index in [1.54, 1.807) is 18.2 Å². The van der Waals surface area contributed by atoms with E-state index < -0.39 is 0 Å². The molecule has 0 aliphatic heterocycles. The van der Waals surface area contributed by atoms with Crippen molar-refractivity contribution >= 4 is 17.3 Å². The molecule has 0 aliphatic rings. The zero-order valence-corrected chi connectivity index (χ0v) is 8.82. The van der Waals surface area contributed by atoms with Crippen molar-refractivity contribution in [3.8, 4) is 0 Å². The molecule has 0 saturated carbocycles. The molecule has 1 amide bonds. The molecule has 0 aliphatic carbocycles. The molecular weight excluding hydrogens is 204 g/mol. The van der Waals surface area contributed by atoms with E-state index in [1.807, 2.05) is 13.0 Å². The number of nitrogens with zero attached hydrogens (tertiary/aromatic N) is 1. The third-order valence-corrected chi connectivity index (χ3v) is 2.24. The quantitative estimate of drug-likeness (QED) is 0.666. The van der Waals surface area contributed by atoms with Crippen LogP contribution in [0.4, 0.5) is 11.4 Å². The SMILES string of the molecule is Cc1cc(N)ccc1NC(=O)c1ccn[nH]1. The monoisotopic (exact) mass is 216 g/mol. The van der Waals surface area contributed by atoms with Gasteiger partial charge in [0.15, 0.2) is 0 Å². The van der Waals surface area contributed by atoms with E-state index in [1.165, 1.54) is 6.20 Å². The number of amides is 1. The lowest BCUT2D eigenvalue weighted by molar-refractivity contribution is 0.102. The number of aryl methyl sites for hydroxylation is 1. The highest BCUT2D eigenvalue weighted by Gasteiger charge is 2.08. The molecule has 0 fully saturated rings. The van der Waals surface area contributed by atoms with Gasteiger partial charge in [-0.05, 0) is 36.8 Å². The van der Waals surface area contributed by atoms with Crippen molar-refractivity contribution in [2.24, 2.45) is 0 Å². The Morgan fingerprint density at radius 3 is 2.88 bits per heavy atom. The smallest absolute Gasteiger partial charge is 0.273 e. The molecule has 4 N–H and O–H groups in total. The minimum atomic E-state index is -0.217. The van der Waals surface area contributed by atoms with E-state index in [0.717, 1.165) is 11.3 Å². The van der Waals surface area contributed by atoms with Gasteiger partial charge in [-0.1, -0.05) is 0 Å². The topological polar surface area (TPSA) is 83.8 Å². The van der Waals surface area contributed by atoms with Crippen LogP contribution in [0.15, 0.2) is 30.5 Å². The first-order chi connectivity index (χ1) is 7.66. The molecule has 1 heterocycles. The number of carbonyl (C=O) groups is 1. The van der Waals surface area contributed by atoms with Gasteiger partial charge in [0.2, 0.25) is 0 Å². The fourth-order valence-corrected chi connectivity index (χ4v) is 1.40. The van der Waals surface area contributed by atoms with Crippen LogP contribution in [0.1, 0.15) is 16.1 Å². The molecule has 1 aromatic carbocycles. The highest BCUT2D eigenvalue weighted by atomic mass is 16.1. The van der Waals surface area contributed by atoms with Crippen LogP contribution in [0.5, 0.6) is 0 Å². The van der Waals surface area contributed by atoms with Crippen molar-refractivity contribution in [2.45, 2.75) is 6.92 Å². The Bertz CT molecular complexity index is 505. The van der Waals surface area contributed by atoms with Crippen molar-refractivity contribution in [2.75, 3.05) is 11.1 Å². The number of aromatic nitrogens is 2. The fourth-order valence-electron chi connectivity index (χ4n) is 1.40. The number of nitrogens with one attached hydrogen (secondary N) is 2. The number of H-pyrrole nitrogens is 1. The van der Waals surface area contributed by atoms with Gasteiger partial charge in [-0.2, -0.15) is 5.10 Å². The van der Waals surface area contributed by atoms with E-state index in [9.17, 15) is 4.79 Å². The maximum absolute atomic E-state index is 11.7. The summed E-state index contributed by atoms with van der Waals surface area (Å²) in [5, 5.41) is 9.09. The van der Waals surface area contributed by atoms with Crippen molar-refractivity contribution in [3.05, 3.63) is 41.7 Å². The molecule has 0 saturated heterocycles. The Kier molecular flexibility index (Phi) is 2.59. The Morgan fingerprint density at radius 2 is 2.25 bits per heavy atom. The molecule has 5 nitrogen and oxygen atoms in total. The number of hydrogen-bond donors (Lipinski definition) is 3. The number of hydrogen-bond acceptors (Lipinski definition) is 3. The summed E-state index contributed by atoms with van der Waals surface area (Å²) in [5.41, 5.74) is 8.40. The molecule has 1 aromatic heterocycles. The molecule has 16 heavy (non-hydrogen) atoms. The molecule has 0 spiro atoms. The molecular formula is C11H12N4O. The average Bonchev–Trinajstić information content (AvgIpc) is 2.75. The lowest BCUT2D eigenvalue weighted by Crippen LogP contribution is -2.13. The highest BCUT2D eigenvalue weighted by Crippen LogP contribution is 2.18. The van der Waals surface area contributed by atoms with Crippen LogP contribution >= 0.6 is 0 Å². The normalized spacial score (nSPS) is 10.1. The number of aromatic amines is 1. The lowest BCUT2D eigenvalue weighted by atomic mass is 10.2. The summed E-state index contributed by atoms with van der Waals surface area (Å²) in [7, 11) is 0. The van der Waals surface area contributed by atoms with Gasteiger partial charge >= 0.3 is 0 Å². The largest absolute Gasteiger partial charge is 0.399 e. The lowest BCUT2D eigenvalue weighted by Gasteiger charge is -2.07.